The number of hydrogen-bond acceptors (Lipinski definition) is 2. The van der Waals surface area contributed by atoms with Crippen molar-refractivity contribution < 1.29 is 4.74 Å². The minimum Gasteiger partial charge on any atom is -0.374 e. The highest BCUT2D eigenvalue weighted by molar-refractivity contribution is 4.97. The highest BCUT2D eigenvalue weighted by Gasteiger charge is 2.43. The lowest BCUT2D eigenvalue weighted by Crippen LogP contribution is -2.59. The van der Waals surface area contributed by atoms with Crippen LogP contribution in [-0.4, -0.2) is 35.2 Å². The van der Waals surface area contributed by atoms with Crippen LogP contribution in [0.25, 0.3) is 0 Å². The minimum absolute atomic E-state index is 0.0519. The first-order valence-corrected chi connectivity index (χ1v) is 7.26. The van der Waals surface area contributed by atoms with Crippen LogP contribution in [0, 0.1) is 0 Å². The van der Waals surface area contributed by atoms with E-state index in [4.69, 9.17) is 4.74 Å². The second-order valence-electron chi connectivity index (χ2n) is 6.46. The molecule has 102 valence electrons. The number of nitrogens with zero attached hydrogens (tertiary/aromatic N) is 1. The topological polar surface area (TPSA) is 12.5 Å². The van der Waals surface area contributed by atoms with Gasteiger partial charge in [0, 0.05) is 18.2 Å². The highest BCUT2D eigenvalue weighted by Crippen LogP contribution is 2.37. The molecule has 0 aromatic heterocycles. The Morgan fingerprint density at radius 3 is 2.35 bits per heavy atom. The molecule has 1 fully saturated rings. The second kappa shape index (κ2) is 5.71. The second-order valence-corrected chi connectivity index (χ2v) is 6.46. The van der Waals surface area contributed by atoms with Gasteiger partial charge in [0.2, 0.25) is 0 Å². The van der Waals surface area contributed by atoms with Crippen LogP contribution in [0.5, 0.6) is 0 Å². The molecule has 0 aromatic carbocycles. The summed E-state index contributed by atoms with van der Waals surface area (Å²) in [5.41, 5.74) is 0.283. The Labute approximate surface area is 108 Å². The van der Waals surface area contributed by atoms with Crippen molar-refractivity contribution in [3.05, 3.63) is 0 Å². The summed E-state index contributed by atoms with van der Waals surface area (Å²) in [6.07, 6.45) is 5.15. The normalized spacial score (nSPS) is 30.9. The van der Waals surface area contributed by atoms with E-state index in [9.17, 15) is 0 Å². The lowest BCUT2D eigenvalue weighted by atomic mass is 9.79. The van der Waals surface area contributed by atoms with Crippen molar-refractivity contribution in [3.63, 3.8) is 0 Å². The Morgan fingerprint density at radius 1 is 1.24 bits per heavy atom. The van der Waals surface area contributed by atoms with Crippen LogP contribution in [0.15, 0.2) is 0 Å². The Morgan fingerprint density at radius 2 is 1.88 bits per heavy atom. The third kappa shape index (κ3) is 3.45. The van der Waals surface area contributed by atoms with Crippen molar-refractivity contribution in [1.82, 2.24) is 4.90 Å². The third-order valence-corrected chi connectivity index (χ3v) is 4.16. The fourth-order valence-electron chi connectivity index (χ4n) is 3.43. The molecule has 0 bridgehead atoms. The molecule has 0 aromatic rings. The van der Waals surface area contributed by atoms with Crippen molar-refractivity contribution in [3.8, 4) is 0 Å². The Balaban J connectivity index is 2.89. The first-order chi connectivity index (χ1) is 7.85. The predicted octanol–water partition coefficient (Wildman–Crippen LogP) is 3.84. The zero-order valence-corrected chi connectivity index (χ0v) is 12.7. The molecule has 1 aliphatic rings. The SMILES string of the molecule is CCO[C@]1(C)CCCC[C@H]1N(CC)C(C)(C)C. The van der Waals surface area contributed by atoms with E-state index in [1.807, 2.05) is 0 Å². The van der Waals surface area contributed by atoms with Crippen LogP contribution < -0.4 is 0 Å². The van der Waals surface area contributed by atoms with E-state index < -0.39 is 0 Å². The molecule has 1 aliphatic carbocycles. The fraction of sp³-hybridized carbons (Fsp3) is 1.00. The summed E-state index contributed by atoms with van der Waals surface area (Å²) in [5.74, 6) is 0. The number of ether oxygens (including phenoxy) is 1. The number of hydrogen-bond donors (Lipinski definition) is 0. The van der Waals surface area contributed by atoms with Gasteiger partial charge in [0.15, 0.2) is 0 Å². The minimum atomic E-state index is 0.0519. The average molecular weight is 241 g/mol. The van der Waals surface area contributed by atoms with Gasteiger partial charge in [-0.05, 0) is 54.0 Å². The van der Waals surface area contributed by atoms with E-state index >= 15 is 0 Å². The smallest absolute Gasteiger partial charge is 0.0809 e. The van der Waals surface area contributed by atoms with Gasteiger partial charge in [0.25, 0.3) is 0 Å². The maximum absolute atomic E-state index is 6.12. The Kier molecular flexibility index (Phi) is 5.03. The molecule has 2 atom stereocenters. The van der Waals surface area contributed by atoms with Crippen LogP contribution >= 0.6 is 0 Å². The molecular formula is C15H31NO. The van der Waals surface area contributed by atoms with E-state index in [1.165, 1.54) is 25.7 Å². The summed E-state index contributed by atoms with van der Waals surface area (Å²) in [4.78, 5) is 2.63. The van der Waals surface area contributed by atoms with Crippen molar-refractivity contribution >= 4 is 0 Å². The zero-order valence-electron chi connectivity index (χ0n) is 12.7. The highest BCUT2D eigenvalue weighted by atomic mass is 16.5. The molecule has 0 spiro atoms. The largest absolute Gasteiger partial charge is 0.374 e. The summed E-state index contributed by atoms with van der Waals surface area (Å²) in [6.45, 7) is 15.6. The van der Waals surface area contributed by atoms with Crippen molar-refractivity contribution in [2.24, 2.45) is 0 Å². The Bertz CT molecular complexity index is 230. The zero-order chi connectivity index (χ0) is 13.1. The van der Waals surface area contributed by atoms with Crippen molar-refractivity contribution in [2.45, 2.75) is 84.4 Å². The summed E-state index contributed by atoms with van der Waals surface area (Å²) in [6, 6.07) is 0.571. The molecule has 0 unspecified atom stereocenters. The van der Waals surface area contributed by atoms with E-state index in [0.29, 0.717) is 6.04 Å². The first kappa shape index (κ1) is 15.0. The van der Waals surface area contributed by atoms with Gasteiger partial charge in [-0.1, -0.05) is 19.8 Å². The number of likely N-dealkylation sites (N-methyl/N-ethyl adjacent to an activating group) is 1. The molecule has 0 saturated heterocycles. The lowest BCUT2D eigenvalue weighted by molar-refractivity contribution is -0.124. The quantitative estimate of drug-likeness (QED) is 0.741. The number of rotatable bonds is 4. The average Bonchev–Trinajstić information content (AvgIpc) is 2.20. The Hall–Kier alpha value is -0.0800. The van der Waals surface area contributed by atoms with Gasteiger partial charge >= 0.3 is 0 Å². The van der Waals surface area contributed by atoms with E-state index in [1.54, 1.807) is 0 Å². The van der Waals surface area contributed by atoms with Gasteiger partial charge in [-0.15, -0.1) is 0 Å². The molecule has 1 rings (SSSR count). The van der Waals surface area contributed by atoms with Gasteiger partial charge in [-0.25, -0.2) is 0 Å². The summed E-state index contributed by atoms with van der Waals surface area (Å²) >= 11 is 0. The maximum atomic E-state index is 6.12. The van der Waals surface area contributed by atoms with Crippen LogP contribution in [-0.2, 0) is 4.74 Å². The lowest BCUT2D eigenvalue weighted by Gasteiger charge is -2.51. The molecule has 0 aliphatic heterocycles. The molecule has 0 N–H and O–H groups in total. The van der Waals surface area contributed by atoms with Crippen LogP contribution in [0.3, 0.4) is 0 Å². The van der Waals surface area contributed by atoms with Crippen molar-refractivity contribution in [1.29, 1.82) is 0 Å². The van der Waals surface area contributed by atoms with E-state index in [-0.39, 0.29) is 11.1 Å². The van der Waals surface area contributed by atoms with Crippen LogP contribution in [0.1, 0.15) is 67.2 Å². The molecule has 0 radical (unpaired) electrons. The van der Waals surface area contributed by atoms with E-state index in [2.05, 4.69) is 46.4 Å². The van der Waals surface area contributed by atoms with Gasteiger partial charge in [-0.3, -0.25) is 4.90 Å². The van der Waals surface area contributed by atoms with E-state index in [0.717, 1.165) is 13.2 Å². The molecule has 0 heterocycles. The van der Waals surface area contributed by atoms with Crippen LogP contribution in [0.4, 0.5) is 0 Å². The molecule has 2 nitrogen and oxygen atoms in total. The van der Waals surface area contributed by atoms with Crippen LogP contribution in [0.2, 0.25) is 0 Å². The van der Waals surface area contributed by atoms with Gasteiger partial charge in [-0.2, -0.15) is 0 Å². The molecule has 1 saturated carbocycles. The predicted molar refractivity (Wildman–Crippen MR) is 74.4 cm³/mol. The molecule has 17 heavy (non-hydrogen) atoms. The van der Waals surface area contributed by atoms with Gasteiger partial charge < -0.3 is 4.74 Å². The summed E-state index contributed by atoms with van der Waals surface area (Å²) < 4.78 is 6.12. The fourth-order valence-corrected chi connectivity index (χ4v) is 3.43. The standard InChI is InChI=1S/C15H31NO/c1-7-16(14(3,4)5)13-11-9-10-12-15(13,6)17-8-2/h13H,7-12H2,1-6H3/t13-,15-/m1/s1. The van der Waals surface area contributed by atoms with Gasteiger partial charge in [0.05, 0.1) is 5.60 Å². The van der Waals surface area contributed by atoms with Gasteiger partial charge in [0.1, 0.15) is 0 Å². The monoisotopic (exact) mass is 241 g/mol. The molecule has 2 heteroatoms. The molecule has 0 amide bonds. The summed E-state index contributed by atoms with van der Waals surface area (Å²) in [5, 5.41) is 0. The maximum Gasteiger partial charge on any atom is 0.0809 e. The third-order valence-electron chi connectivity index (χ3n) is 4.16. The first-order valence-electron chi connectivity index (χ1n) is 7.26. The summed E-state index contributed by atoms with van der Waals surface area (Å²) in [7, 11) is 0. The van der Waals surface area contributed by atoms with Crippen molar-refractivity contribution in [2.75, 3.05) is 13.2 Å². The molecular weight excluding hydrogens is 210 g/mol.